The van der Waals surface area contributed by atoms with Crippen LogP contribution in [0.3, 0.4) is 0 Å². The lowest BCUT2D eigenvalue weighted by molar-refractivity contribution is -0.279. The smallest absolute Gasteiger partial charge is 0.339 e. The maximum Gasteiger partial charge on any atom is 0.339 e. The van der Waals surface area contributed by atoms with Gasteiger partial charge in [0.25, 0.3) is 0 Å². The van der Waals surface area contributed by atoms with Crippen LogP contribution in [0.5, 0.6) is 0 Å². The Bertz CT molecular complexity index is 1710. The van der Waals surface area contributed by atoms with Crippen LogP contribution in [-0.4, -0.2) is 101 Å². The molecule has 54 heavy (non-hydrogen) atoms. The average molecular weight is 748 g/mol. The number of rotatable bonds is 9. The lowest BCUT2D eigenvalue weighted by Crippen LogP contribution is -2.80. The van der Waals surface area contributed by atoms with Gasteiger partial charge in [0.15, 0.2) is 24.6 Å². The molecule has 1 unspecified atom stereocenters. The van der Waals surface area contributed by atoms with E-state index < -0.39 is 63.2 Å². The van der Waals surface area contributed by atoms with Crippen LogP contribution >= 0.6 is 0 Å². The number of ether oxygens (including phenoxy) is 5. The number of esters is 2. The summed E-state index contributed by atoms with van der Waals surface area (Å²) in [5, 5.41) is 13.1. The molecule has 0 radical (unpaired) electrons. The molecule has 0 aromatic rings. The van der Waals surface area contributed by atoms with Crippen molar-refractivity contribution in [2.24, 2.45) is 49.4 Å². The maximum absolute atomic E-state index is 15.4. The highest BCUT2D eigenvalue weighted by Crippen LogP contribution is 2.82. The summed E-state index contributed by atoms with van der Waals surface area (Å²) in [6.07, 6.45) is 15.1. The van der Waals surface area contributed by atoms with Crippen molar-refractivity contribution in [1.29, 1.82) is 0 Å². The van der Waals surface area contributed by atoms with E-state index in [1.54, 1.807) is 6.34 Å². The second-order valence-electron chi connectivity index (χ2n) is 19.6. The molecule has 0 aromatic heterocycles. The fraction of sp³-hybridized carbons (Fsp3) is 0.837. The molecule has 4 saturated heterocycles. The Labute approximate surface area is 318 Å². The van der Waals surface area contributed by atoms with Gasteiger partial charge in [0.2, 0.25) is 0 Å². The first-order chi connectivity index (χ1) is 26.0. The van der Waals surface area contributed by atoms with Crippen LogP contribution in [0.2, 0.25) is 0 Å². The number of hydrogen-bond acceptors (Lipinski definition) is 10. The van der Waals surface area contributed by atoms with Crippen molar-refractivity contribution < 1.29 is 43.2 Å². The molecule has 11 atom stereocenters. The highest BCUT2D eigenvalue weighted by atomic mass is 16.7. The Balaban J connectivity index is 1.02. The first-order valence-corrected chi connectivity index (χ1v) is 21.3. The summed E-state index contributed by atoms with van der Waals surface area (Å²) in [4.78, 5) is 52.2. The standard InChI is InChI=1S/C43H58N2O9/c1-38(2)31-30(46)32(47)42(25-12-8-9-13-25)29(41(31)23-51-37(49)40(36(41)54-38)18-10-11-19-40)16-20-39(3)33(52-35(48)34-43(39,42)53-34)27-17-21-50-28(27)15-7-5-4-6-14-26-22-44-24-45-26/h17,24-25,28-29,31-34,36,47H,4-16,18-23H2,1-3H3/p+1/t28?,29-,31-,32-,33+,34-,36+,39+,41-,42+,43-/m1/s1. The molecule has 2 N–H and O–H groups in total. The van der Waals surface area contributed by atoms with Crippen molar-refractivity contribution in [3.63, 3.8) is 0 Å². The predicted molar refractivity (Wildman–Crippen MR) is 198 cm³/mol. The van der Waals surface area contributed by atoms with E-state index in [1.807, 2.05) is 13.8 Å². The number of unbranched alkanes of at least 4 members (excludes halogenated alkanes) is 3. The van der Waals surface area contributed by atoms with E-state index in [0.717, 1.165) is 89.2 Å². The number of ketones is 1. The van der Waals surface area contributed by atoms with Crippen LogP contribution in [-0.2, 0) is 33.3 Å². The molecule has 0 amide bonds. The molecule has 11 heteroatoms. The molecule has 0 bridgehead atoms. The Hall–Kier alpha value is -2.47. The number of fused-ring (bicyclic) bond motifs is 2. The van der Waals surface area contributed by atoms with Crippen LogP contribution < -0.4 is 0 Å². The third-order valence-electron chi connectivity index (χ3n) is 17.0. The van der Waals surface area contributed by atoms with Crippen LogP contribution in [0.4, 0.5) is 0 Å². The Morgan fingerprint density at radius 2 is 1.70 bits per heavy atom. The molecule has 0 aromatic carbocycles. The van der Waals surface area contributed by atoms with E-state index in [-0.39, 0.29) is 42.3 Å². The number of aliphatic imine (C=N–C) groups is 2. The molecule has 11 nitrogen and oxygen atoms in total. The van der Waals surface area contributed by atoms with Crippen molar-refractivity contribution in [2.45, 2.75) is 165 Å². The van der Waals surface area contributed by atoms with Gasteiger partial charge < -0.3 is 28.8 Å². The molecule has 6 aliphatic heterocycles. The van der Waals surface area contributed by atoms with Crippen LogP contribution in [0, 0.1) is 39.4 Å². The topological polar surface area (TPSA) is 149 Å². The SMILES string of the molecule is CC1(C)O[C@H]2C3(CCCC3)C(=O)OC[C@@]23[C@@H]1C(=O)[C@@H](O)[C@]1(C2CCCC2)[C@@H]3CC[C@@]2(C)[C@H](C3=CC[OH+]C3CCCCCCC3=NC=NC3)OC(=O)[C@H]3O[C@@]312. The zero-order valence-corrected chi connectivity index (χ0v) is 32.4. The minimum atomic E-state index is -1.34. The summed E-state index contributed by atoms with van der Waals surface area (Å²) in [6, 6.07) is 0. The van der Waals surface area contributed by atoms with E-state index in [0.29, 0.717) is 32.3 Å². The van der Waals surface area contributed by atoms with Crippen molar-refractivity contribution >= 4 is 29.8 Å². The summed E-state index contributed by atoms with van der Waals surface area (Å²) in [5.74, 6) is -1.72. The number of carbonyl (C=O) groups excluding carboxylic acids is 3. The van der Waals surface area contributed by atoms with Gasteiger partial charge in [-0.15, -0.1) is 0 Å². The van der Waals surface area contributed by atoms with Crippen molar-refractivity contribution in [3.05, 3.63) is 11.6 Å². The van der Waals surface area contributed by atoms with Crippen molar-refractivity contribution in [3.8, 4) is 0 Å². The lowest BCUT2D eigenvalue weighted by Gasteiger charge is -2.70. The van der Waals surface area contributed by atoms with Crippen LogP contribution in [0.1, 0.15) is 124 Å². The van der Waals surface area contributed by atoms with Crippen molar-refractivity contribution in [2.75, 3.05) is 19.8 Å². The van der Waals surface area contributed by atoms with Crippen molar-refractivity contribution in [1.82, 2.24) is 0 Å². The molecule has 10 aliphatic rings. The second kappa shape index (κ2) is 12.3. The lowest BCUT2D eigenvalue weighted by atomic mass is 9.32. The molecule has 6 heterocycles. The number of aliphatic hydroxyl groups is 3. The summed E-state index contributed by atoms with van der Waals surface area (Å²) in [7, 11) is 0. The zero-order valence-electron chi connectivity index (χ0n) is 32.4. The maximum atomic E-state index is 15.4. The van der Waals surface area contributed by atoms with Gasteiger partial charge in [0.05, 0.1) is 35.2 Å². The number of epoxide rings is 1. The number of aliphatic hydroxyl groups excluding tert-OH is 1. The second-order valence-corrected chi connectivity index (χ2v) is 19.6. The van der Waals surface area contributed by atoms with E-state index in [9.17, 15) is 14.7 Å². The number of Topliss-reactive ketones (excluding diaryl/α,β-unsaturated/α-hetero) is 1. The predicted octanol–water partition coefficient (Wildman–Crippen LogP) is 5.14. The minimum absolute atomic E-state index is 0.0331. The van der Waals surface area contributed by atoms with Gasteiger partial charge in [0, 0.05) is 34.5 Å². The monoisotopic (exact) mass is 747 g/mol. The molecule has 10 rings (SSSR count). The Kier molecular flexibility index (Phi) is 8.16. The number of cyclic esters (lactones) is 2. The average Bonchev–Trinajstić information content (AvgIpc) is 3.83. The molecule has 4 aliphatic carbocycles. The van der Waals surface area contributed by atoms with Gasteiger partial charge in [-0.25, -0.2) is 9.79 Å². The third-order valence-corrected chi connectivity index (χ3v) is 17.0. The van der Waals surface area contributed by atoms with Gasteiger partial charge in [-0.1, -0.05) is 45.4 Å². The Morgan fingerprint density at radius 1 is 0.926 bits per heavy atom. The number of hydrogen-bond donors (Lipinski definition) is 1. The van der Waals surface area contributed by atoms with Crippen LogP contribution in [0.25, 0.3) is 0 Å². The highest BCUT2D eigenvalue weighted by molar-refractivity contribution is 5.96. The number of carbonyl (C=O) groups is 3. The fourth-order valence-electron chi connectivity index (χ4n) is 15.1. The van der Waals surface area contributed by atoms with Crippen LogP contribution in [0.15, 0.2) is 21.6 Å². The molecular formula is C43H59N2O9+. The van der Waals surface area contributed by atoms with Gasteiger partial charge in [0.1, 0.15) is 30.8 Å². The zero-order chi connectivity index (χ0) is 37.3. The molecule has 4 saturated carbocycles. The quantitative estimate of drug-likeness (QED) is 0.112. The van der Waals surface area contributed by atoms with Gasteiger partial charge in [-0.2, -0.15) is 0 Å². The number of nitrogens with zero attached hydrogens (tertiary/aromatic N) is 2. The normalized spacial score (nSPS) is 46.7. The molecule has 294 valence electrons. The van der Waals surface area contributed by atoms with E-state index in [1.165, 1.54) is 5.71 Å². The van der Waals surface area contributed by atoms with Gasteiger partial charge in [-0.05, 0) is 83.5 Å². The van der Waals surface area contributed by atoms with E-state index in [4.69, 9.17) is 23.7 Å². The first-order valence-electron chi connectivity index (χ1n) is 21.3. The van der Waals surface area contributed by atoms with Gasteiger partial charge >= 0.3 is 11.9 Å². The molecule has 3 spiro atoms. The largest absolute Gasteiger partial charge is 0.464 e. The first kappa shape index (κ1) is 35.9. The summed E-state index contributed by atoms with van der Waals surface area (Å²) in [6.45, 7) is 7.59. The molecule has 8 fully saturated rings. The van der Waals surface area contributed by atoms with E-state index >= 15 is 4.79 Å². The van der Waals surface area contributed by atoms with Gasteiger partial charge in [-0.3, -0.25) is 14.6 Å². The minimum Gasteiger partial charge on any atom is -0.464 e. The third kappa shape index (κ3) is 4.36. The summed E-state index contributed by atoms with van der Waals surface area (Å²) in [5.41, 5.74) is -3.16. The molecular weight excluding hydrogens is 688 g/mol. The highest BCUT2D eigenvalue weighted by Gasteiger charge is 2.93. The fourth-order valence-corrected chi connectivity index (χ4v) is 15.1. The Morgan fingerprint density at radius 3 is 2.46 bits per heavy atom. The van der Waals surface area contributed by atoms with E-state index in [2.05, 4.69) is 23.0 Å². The summed E-state index contributed by atoms with van der Waals surface area (Å²) < 4.78 is 32.0. The summed E-state index contributed by atoms with van der Waals surface area (Å²) >= 11 is 0.